The zero-order valence-corrected chi connectivity index (χ0v) is 11.0. The van der Waals surface area contributed by atoms with E-state index in [4.69, 9.17) is 4.74 Å². The third kappa shape index (κ3) is 3.64. The van der Waals surface area contributed by atoms with E-state index < -0.39 is 11.0 Å². The quantitative estimate of drug-likeness (QED) is 0.501. The first-order chi connectivity index (χ1) is 10.1. The molecule has 0 heterocycles. The molecule has 0 aliphatic heterocycles. The van der Waals surface area contributed by atoms with Crippen molar-refractivity contribution in [3.63, 3.8) is 0 Å². The van der Waals surface area contributed by atoms with Crippen LogP contribution in [0.2, 0.25) is 0 Å². The molecular weight excluding hydrogens is 274 g/mol. The van der Waals surface area contributed by atoms with E-state index in [-0.39, 0.29) is 23.6 Å². The second-order valence-electron chi connectivity index (χ2n) is 4.34. The van der Waals surface area contributed by atoms with Gasteiger partial charge in [-0.15, -0.1) is 0 Å². The molecule has 108 valence electrons. The summed E-state index contributed by atoms with van der Waals surface area (Å²) in [5.41, 5.74) is 0.664. The fraction of sp³-hybridized carbons (Fsp3) is 0.133. The normalized spacial score (nSPS) is 11.7. The fourth-order valence-electron chi connectivity index (χ4n) is 1.81. The average molecular weight is 287 g/mol. The molecule has 1 atom stereocenters. The summed E-state index contributed by atoms with van der Waals surface area (Å²) in [6.07, 6.45) is -0.338. The number of benzene rings is 2. The number of aliphatic hydroxyl groups excluding tert-OH is 1. The number of hydrogen-bond acceptors (Lipinski definition) is 5. The standard InChI is InChI=1S/C15H13NO5/c17-9-11-6-7-13(16(19)20)15(8-11)21-10-14(18)12-4-2-1-3-5-12/h1-9,14,18H,10H2. The summed E-state index contributed by atoms with van der Waals surface area (Å²) in [7, 11) is 0. The van der Waals surface area contributed by atoms with Crippen LogP contribution in [0.25, 0.3) is 0 Å². The molecule has 0 aromatic heterocycles. The number of nitrogens with zero attached hydrogens (tertiary/aromatic N) is 1. The van der Waals surface area contributed by atoms with Crippen LogP contribution in [0.5, 0.6) is 5.75 Å². The molecule has 2 aromatic rings. The Bertz CT molecular complexity index is 642. The van der Waals surface area contributed by atoms with Crippen LogP contribution in [0.1, 0.15) is 22.0 Å². The van der Waals surface area contributed by atoms with Crippen LogP contribution in [-0.4, -0.2) is 22.9 Å². The van der Waals surface area contributed by atoms with Gasteiger partial charge in [-0.05, 0) is 17.7 Å². The SMILES string of the molecule is O=Cc1ccc([N+](=O)[O-])c(OCC(O)c2ccccc2)c1. The summed E-state index contributed by atoms with van der Waals surface area (Å²) in [4.78, 5) is 21.0. The lowest BCUT2D eigenvalue weighted by molar-refractivity contribution is -0.385. The van der Waals surface area contributed by atoms with E-state index in [0.29, 0.717) is 11.8 Å². The van der Waals surface area contributed by atoms with Crippen molar-refractivity contribution >= 4 is 12.0 Å². The Morgan fingerprint density at radius 1 is 1.24 bits per heavy atom. The van der Waals surface area contributed by atoms with Gasteiger partial charge in [0.1, 0.15) is 19.0 Å². The fourth-order valence-corrected chi connectivity index (χ4v) is 1.81. The van der Waals surface area contributed by atoms with Crippen LogP contribution in [0, 0.1) is 10.1 Å². The van der Waals surface area contributed by atoms with Crippen molar-refractivity contribution in [2.24, 2.45) is 0 Å². The van der Waals surface area contributed by atoms with Crippen molar-refractivity contribution in [1.82, 2.24) is 0 Å². The minimum atomic E-state index is -0.911. The molecule has 0 amide bonds. The molecule has 1 N–H and O–H groups in total. The lowest BCUT2D eigenvalue weighted by Gasteiger charge is -2.13. The Hall–Kier alpha value is -2.73. The molecular formula is C15H13NO5. The van der Waals surface area contributed by atoms with Crippen molar-refractivity contribution in [2.75, 3.05) is 6.61 Å². The van der Waals surface area contributed by atoms with Gasteiger partial charge in [0.2, 0.25) is 0 Å². The molecule has 6 nitrogen and oxygen atoms in total. The number of carbonyl (C=O) groups is 1. The number of nitro benzene ring substituents is 1. The summed E-state index contributed by atoms with van der Waals surface area (Å²) in [5.74, 6) is -0.0421. The molecule has 0 bridgehead atoms. The van der Waals surface area contributed by atoms with Gasteiger partial charge >= 0.3 is 5.69 Å². The molecule has 21 heavy (non-hydrogen) atoms. The van der Waals surface area contributed by atoms with E-state index in [0.717, 1.165) is 0 Å². The zero-order chi connectivity index (χ0) is 15.2. The number of hydrogen-bond donors (Lipinski definition) is 1. The van der Waals surface area contributed by atoms with Crippen LogP contribution in [-0.2, 0) is 0 Å². The number of ether oxygens (including phenoxy) is 1. The molecule has 6 heteroatoms. The van der Waals surface area contributed by atoms with Gasteiger partial charge in [0.25, 0.3) is 0 Å². The monoisotopic (exact) mass is 287 g/mol. The Morgan fingerprint density at radius 3 is 2.57 bits per heavy atom. The first kappa shape index (κ1) is 14.7. The first-order valence-electron chi connectivity index (χ1n) is 6.21. The largest absolute Gasteiger partial charge is 0.484 e. The lowest BCUT2D eigenvalue weighted by Crippen LogP contribution is -2.10. The first-order valence-corrected chi connectivity index (χ1v) is 6.21. The van der Waals surface area contributed by atoms with Crippen LogP contribution in [0.15, 0.2) is 48.5 Å². The van der Waals surface area contributed by atoms with Gasteiger partial charge in [0, 0.05) is 11.6 Å². The number of nitro groups is 1. The second kappa shape index (κ2) is 6.62. The topological polar surface area (TPSA) is 89.7 Å². The number of aldehydes is 1. The van der Waals surface area contributed by atoms with Gasteiger partial charge in [0.15, 0.2) is 5.75 Å². The number of carbonyl (C=O) groups excluding carboxylic acids is 1. The Labute approximate surface area is 120 Å². The van der Waals surface area contributed by atoms with E-state index in [9.17, 15) is 20.0 Å². The van der Waals surface area contributed by atoms with Crippen molar-refractivity contribution < 1.29 is 19.6 Å². The minimum absolute atomic E-state index is 0.0421. The zero-order valence-electron chi connectivity index (χ0n) is 11.0. The highest BCUT2D eigenvalue weighted by Gasteiger charge is 2.17. The molecule has 0 radical (unpaired) electrons. The van der Waals surface area contributed by atoms with E-state index in [2.05, 4.69) is 0 Å². The molecule has 0 saturated heterocycles. The Balaban J connectivity index is 2.15. The molecule has 0 saturated carbocycles. The van der Waals surface area contributed by atoms with Crippen LogP contribution in [0.3, 0.4) is 0 Å². The van der Waals surface area contributed by atoms with Gasteiger partial charge in [-0.25, -0.2) is 0 Å². The molecule has 2 rings (SSSR count). The van der Waals surface area contributed by atoms with Gasteiger partial charge in [-0.1, -0.05) is 30.3 Å². The van der Waals surface area contributed by atoms with E-state index >= 15 is 0 Å². The Kier molecular flexibility index (Phi) is 4.63. The molecule has 1 unspecified atom stereocenters. The van der Waals surface area contributed by atoms with Crippen LogP contribution in [0.4, 0.5) is 5.69 Å². The molecule has 0 spiro atoms. The maximum absolute atomic E-state index is 10.9. The van der Waals surface area contributed by atoms with Crippen molar-refractivity contribution in [3.8, 4) is 5.75 Å². The third-order valence-corrected chi connectivity index (χ3v) is 2.90. The van der Waals surface area contributed by atoms with Crippen molar-refractivity contribution in [1.29, 1.82) is 0 Å². The van der Waals surface area contributed by atoms with Crippen molar-refractivity contribution in [2.45, 2.75) is 6.10 Å². The van der Waals surface area contributed by atoms with Gasteiger partial charge in [-0.3, -0.25) is 14.9 Å². The second-order valence-corrected chi connectivity index (χ2v) is 4.34. The maximum atomic E-state index is 10.9. The predicted molar refractivity (Wildman–Crippen MR) is 75.4 cm³/mol. The van der Waals surface area contributed by atoms with E-state index in [1.807, 2.05) is 6.07 Å². The maximum Gasteiger partial charge on any atom is 0.310 e. The minimum Gasteiger partial charge on any atom is -0.484 e. The molecule has 0 fully saturated rings. The molecule has 2 aromatic carbocycles. The number of rotatable bonds is 6. The smallest absolute Gasteiger partial charge is 0.310 e. The third-order valence-electron chi connectivity index (χ3n) is 2.90. The lowest BCUT2D eigenvalue weighted by atomic mass is 10.1. The highest BCUT2D eigenvalue weighted by molar-refractivity contribution is 5.76. The summed E-state index contributed by atoms with van der Waals surface area (Å²) >= 11 is 0. The summed E-state index contributed by atoms with van der Waals surface area (Å²) in [6, 6.07) is 12.6. The summed E-state index contributed by atoms with van der Waals surface area (Å²) in [6.45, 7) is -0.146. The Morgan fingerprint density at radius 2 is 1.95 bits per heavy atom. The van der Waals surface area contributed by atoms with Crippen LogP contribution >= 0.6 is 0 Å². The van der Waals surface area contributed by atoms with E-state index in [1.165, 1.54) is 18.2 Å². The number of aliphatic hydroxyl groups is 1. The summed E-state index contributed by atoms with van der Waals surface area (Å²) in [5, 5.41) is 20.9. The van der Waals surface area contributed by atoms with Gasteiger partial charge in [0.05, 0.1) is 4.92 Å². The molecule has 0 aliphatic carbocycles. The highest BCUT2D eigenvalue weighted by atomic mass is 16.6. The van der Waals surface area contributed by atoms with Crippen LogP contribution < -0.4 is 4.74 Å². The van der Waals surface area contributed by atoms with Crippen molar-refractivity contribution in [3.05, 3.63) is 69.8 Å². The van der Waals surface area contributed by atoms with Gasteiger partial charge < -0.3 is 9.84 Å². The highest BCUT2D eigenvalue weighted by Crippen LogP contribution is 2.28. The average Bonchev–Trinajstić information content (AvgIpc) is 2.52. The van der Waals surface area contributed by atoms with E-state index in [1.54, 1.807) is 24.3 Å². The summed E-state index contributed by atoms with van der Waals surface area (Å²) < 4.78 is 5.31. The predicted octanol–water partition coefficient (Wildman–Crippen LogP) is 2.52. The van der Waals surface area contributed by atoms with Gasteiger partial charge in [-0.2, -0.15) is 0 Å². The molecule has 0 aliphatic rings.